The van der Waals surface area contributed by atoms with Crippen molar-refractivity contribution in [3.05, 3.63) is 11.6 Å². The molecule has 2 bridgehead atoms. The van der Waals surface area contributed by atoms with Gasteiger partial charge in [0.25, 0.3) is 0 Å². The normalized spacial score (nSPS) is 39.1. The van der Waals surface area contributed by atoms with Crippen LogP contribution in [0, 0.1) is 6.92 Å². The van der Waals surface area contributed by atoms with Gasteiger partial charge in [0.05, 0.1) is 0 Å². The van der Waals surface area contributed by atoms with Gasteiger partial charge in [-0.05, 0) is 32.6 Å². The van der Waals surface area contributed by atoms with Gasteiger partial charge >= 0.3 is 0 Å². The summed E-state index contributed by atoms with van der Waals surface area (Å²) in [6.45, 7) is -3.53. The maximum Gasteiger partial charge on any atom is 0.135 e. The fraction of sp³-hybridized carbons (Fsp3) is 0.846. The number of aryl methyl sites for hydroxylation is 1. The molecule has 2 aliphatic heterocycles. The molecule has 3 rings (SSSR count). The molecule has 94 valence electrons. The largest absolute Gasteiger partial charge is 0.312 e. The summed E-state index contributed by atoms with van der Waals surface area (Å²) in [5, 5.41) is 11.5. The molecule has 0 radical (unpaired) electrons. The minimum Gasteiger partial charge on any atom is -0.312 e. The van der Waals surface area contributed by atoms with Gasteiger partial charge in [-0.1, -0.05) is 13.7 Å². The Morgan fingerprint density at radius 1 is 1.29 bits per heavy atom. The third kappa shape index (κ3) is 1.88. The fourth-order valence-corrected chi connectivity index (χ4v) is 3.27. The van der Waals surface area contributed by atoms with Gasteiger partial charge in [0.1, 0.15) is 11.6 Å². The van der Waals surface area contributed by atoms with E-state index in [1.807, 2.05) is 0 Å². The number of nitrogens with one attached hydrogen (secondary N) is 1. The van der Waals surface area contributed by atoms with Crippen LogP contribution in [-0.4, -0.2) is 26.8 Å². The van der Waals surface area contributed by atoms with Gasteiger partial charge < -0.3 is 9.88 Å². The lowest BCUT2D eigenvalue weighted by molar-refractivity contribution is 0.288. The number of rotatable bonds is 2. The smallest absolute Gasteiger partial charge is 0.135 e. The molecule has 2 atom stereocenters. The molecule has 17 heavy (non-hydrogen) atoms. The molecule has 0 aromatic carbocycles. The van der Waals surface area contributed by atoms with E-state index in [0.29, 0.717) is 17.9 Å². The van der Waals surface area contributed by atoms with Gasteiger partial charge in [-0.2, -0.15) is 0 Å². The van der Waals surface area contributed by atoms with E-state index in [2.05, 4.69) is 15.5 Å². The second-order valence-electron chi connectivity index (χ2n) is 5.17. The Hall–Kier alpha value is -0.900. The molecular weight excluding hydrogens is 212 g/mol. The molecule has 1 aromatic rings. The van der Waals surface area contributed by atoms with Crippen molar-refractivity contribution < 1.29 is 8.22 Å². The summed E-state index contributed by atoms with van der Waals surface area (Å²) in [7, 11) is 0. The summed E-state index contributed by atoms with van der Waals surface area (Å²) in [5.41, 5.74) is 0. The van der Waals surface area contributed by atoms with E-state index in [4.69, 9.17) is 8.22 Å². The van der Waals surface area contributed by atoms with E-state index in [1.54, 1.807) is 11.5 Å². The van der Waals surface area contributed by atoms with Crippen molar-refractivity contribution in [3.63, 3.8) is 0 Å². The van der Waals surface area contributed by atoms with Gasteiger partial charge in [0.15, 0.2) is 0 Å². The number of hydrogen-bond donors (Lipinski definition) is 1. The third-order valence-electron chi connectivity index (χ3n) is 3.96. The molecule has 1 aromatic heterocycles. The van der Waals surface area contributed by atoms with Crippen LogP contribution in [0.15, 0.2) is 0 Å². The molecular formula is C13H22N4. The molecule has 0 amide bonds. The Morgan fingerprint density at radius 3 is 2.65 bits per heavy atom. The summed E-state index contributed by atoms with van der Waals surface area (Å²) in [5.74, 6) is -0.942. The highest BCUT2D eigenvalue weighted by Crippen LogP contribution is 2.35. The van der Waals surface area contributed by atoms with Crippen LogP contribution in [0.5, 0.6) is 0 Å². The summed E-state index contributed by atoms with van der Waals surface area (Å²) >= 11 is 0. The molecule has 0 saturated carbocycles. The van der Waals surface area contributed by atoms with Gasteiger partial charge in [-0.3, -0.25) is 0 Å². The first-order chi connectivity index (χ1) is 10.6. The van der Waals surface area contributed by atoms with Gasteiger partial charge in [0.2, 0.25) is 0 Å². The van der Waals surface area contributed by atoms with E-state index >= 15 is 0 Å². The molecule has 2 aliphatic rings. The lowest BCUT2D eigenvalue weighted by Crippen LogP contribution is -2.39. The number of fused-ring (bicyclic) bond motifs is 2. The first-order valence-corrected chi connectivity index (χ1v) is 6.25. The van der Waals surface area contributed by atoms with E-state index in [9.17, 15) is 0 Å². The minimum absolute atomic E-state index is 0.0611. The Labute approximate surface area is 111 Å². The van der Waals surface area contributed by atoms with E-state index in [1.165, 1.54) is 0 Å². The summed E-state index contributed by atoms with van der Waals surface area (Å²) in [6, 6.07) is 0.880. The van der Waals surface area contributed by atoms with Crippen LogP contribution in [0.4, 0.5) is 0 Å². The molecule has 2 saturated heterocycles. The van der Waals surface area contributed by atoms with Crippen molar-refractivity contribution >= 4 is 0 Å². The third-order valence-corrected chi connectivity index (χ3v) is 3.96. The molecule has 4 heteroatoms. The van der Waals surface area contributed by atoms with Crippen LogP contribution >= 0.6 is 0 Å². The number of piperidine rings is 1. The van der Waals surface area contributed by atoms with Crippen LogP contribution in [0.25, 0.3) is 0 Å². The molecule has 4 nitrogen and oxygen atoms in total. The summed E-state index contributed by atoms with van der Waals surface area (Å²) < 4.78 is 47.8. The zero-order valence-electron chi connectivity index (χ0n) is 16.0. The van der Waals surface area contributed by atoms with Crippen LogP contribution < -0.4 is 5.32 Å². The standard InChI is InChI=1S/C13H22N4/c1-8(2)13-16-15-9(3)17(13)12-6-10-4-5-11(7-12)14-10/h8,10-12,14H,4-7H2,1-3H3/i1D3,2D3. The number of aromatic nitrogens is 3. The Morgan fingerprint density at radius 2 is 2.00 bits per heavy atom. The zero-order chi connectivity index (χ0) is 17.0. The Balaban J connectivity index is 2.01. The lowest BCUT2D eigenvalue weighted by atomic mass is 9.98. The molecule has 3 heterocycles. The highest BCUT2D eigenvalue weighted by molar-refractivity contribution is 5.05. The van der Waals surface area contributed by atoms with Crippen LogP contribution in [0.2, 0.25) is 0 Å². The molecule has 2 unspecified atom stereocenters. The maximum atomic E-state index is 7.67. The van der Waals surface area contributed by atoms with E-state index in [0.717, 1.165) is 25.7 Å². The molecule has 2 fully saturated rings. The first-order valence-electron chi connectivity index (χ1n) is 9.25. The van der Waals surface area contributed by atoms with Gasteiger partial charge in [-0.15, -0.1) is 10.2 Å². The molecule has 0 aliphatic carbocycles. The Kier molecular flexibility index (Phi) is 1.52. The maximum absolute atomic E-state index is 7.67. The average Bonchev–Trinajstić information content (AvgIpc) is 2.89. The second kappa shape index (κ2) is 4.09. The first kappa shape index (κ1) is 6.32. The van der Waals surface area contributed by atoms with Crippen molar-refractivity contribution in [1.29, 1.82) is 0 Å². The topological polar surface area (TPSA) is 42.7 Å². The monoisotopic (exact) mass is 240 g/mol. The van der Waals surface area contributed by atoms with Crippen molar-refractivity contribution in [1.82, 2.24) is 20.1 Å². The van der Waals surface area contributed by atoms with Gasteiger partial charge in [-0.25, -0.2) is 0 Å². The highest BCUT2D eigenvalue weighted by Gasteiger charge is 2.35. The van der Waals surface area contributed by atoms with Crippen molar-refractivity contribution in [2.75, 3.05) is 0 Å². The second-order valence-corrected chi connectivity index (χ2v) is 5.17. The van der Waals surface area contributed by atoms with Crippen molar-refractivity contribution in [3.8, 4) is 0 Å². The minimum atomic E-state index is -2.64. The highest BCUT2D eigenvalue weighted by atomic mass is 15.3. The van der Waals surface area contributed by atoms with Crippen LogP contribution in [0.1, 0.15) is 71.2 Å². The quantitative estimate of drug-likeness (QED) is 0.861. The number of nitrogens with zero attached hydrogens (tertiary/aromatic N) is 3. The van der Waals surface area contributed by atoms with E-state index in [-0.39, 0.29) is 11.9 Å². The summed E-state index contributed by atoms with van der Waals surface area (Å²) in [4.78, 5) is 0. The van der Waals surface area contributed by atoms with Gasteiger partial charge in [0, 0.05) is 32.3 Å². The van der Waals surface area contributed by atoms with Crippen LogP contribution in [0.3, 0.4) is 0 Å². The van der Waals surface area contributed by atoms with E-state index < -0.39 is 19.6 Å². The zero-order valence-corrected chi connectivity index (χ0v) is 9.98. The fourth-order valence-electron chi connectivity index (χ4n) is 3.27. The Bertz CT molecular complexity index is 552. The predicted molar refractivity (Wildman–Crippen MR) is 67.1 cm³/mol. The van der Waals surface area contributed by atoms with Crippen LogP contribution in [-0.2, 0) is 0 Å². The predicted octanol–water partition coefficient (Wildman–Crippen LogP) is 2.17. The number of hydrogen-bond acceptors (Lipinski definition) is 3. The molecule has 1 N–H and O–H groups in total. The molecule has 0 spiro atoms. The summed E-state index contributed by atoms with van der Waals surface area (Å²) in [6.07, 6.45) is 3.94. The lowest BCUT2D eigenvalue weighted by Gasteiger charge is -2.31. The average molecular weight is 240 g/mol. The van der Waals surface area contributed by atoms with Crippen molar-refractivity contribution in [2.45, 2.75) is 70.4 Å². The van der Waals surface area contributed by atoms with Crippen molar-refractivity contribution in [2.24, 2.45) is 0 Å². The SMILES string of the molecule is [2H]C([2H])([2H])C(c1nnc(C)n1C1CC2CCC(C1)N2)C([2H])([2H])[2H].